The summed E-state index contributed by atoms with van der Waals surface area (Å²) in [5.41, 5.74) is 1.53. The fourth-order valence-electron chi connectivity index (χ4n) is 3.46. The number of amides is 1. The van der Waals surface area contributed by atoms with Crippen molar-refractivity contribution in [3.8, 4) is 5.75 Å². The molecule has 0 heterocycles. The smallest absolute Gasteiger partial charge is 0.339 e. The number of carbonyl (C=O) groups is 3. The Morgan fingerprint density at radius 3 is 2.05 bits per heavy atom. The number of carbonyl (C=O) groups excluding carboxylic acids is 3. The maximum Gasteiger partial charge on any atom is 0.339 e. The van der Waals surface area contributed by atoms with Gasteiger partial charge in [-0.2, -0.15) is 0 Å². The number of Topliss-reactive ketones (excluding diaryl/α,β-unsaturated/α-hetero) is 1. The highest BCUT2D eigenvalue weighted by atomic mass is 35.5. The quantitative estimate of drug-likeness (QED) is 0.168. The molecular weight excluding hydrogens is 549 g/mol. The molecule has 0 aromatic heterocycles. The third-order valence-electron chi connectivity index (χ3n) is 5.35. The van der Waals surface area contributed by atoms with Gasteiger partial charge in [-0.3, -0.25) is 9.59 Å². The topological polar surface area (TPSA) is 81.7 Å². The third-order valence-corrected chi connectivity index (χ3v) is 6.13. The molecule has 4 rings (SSSR count). The second-order valence-electron chi connectivity index (χ2n) is 8.06. The van der Waals surface area contributed by atoms with Gasteiger partial charge in [0.1, 0.15) is 5.75 Å². The summed E-state index contributed by atoms with van der Waals surface area (Å²) in [6, 6.07) is 25.8. The van der Waals surface area contributed by atoms with Gasteiger partial charge in [-0.05, 0) is 54.6 Å². The Morgan fingerprint density at radius 2 is 1.39 bits per heavy atom. The van der Waals surface area contributed by atoms with Crippen LogP contribution < -0.4 is 10.1 Å². The van der Waals surface area contributed by atoms with Crippen molar-refractivity contribution >= 4 is 58.1 Å². The van der Waals surface area contributed by atoms with Crippen LogP contribution in [0.1, 0.15) is 32.4 Å². The van der Waals surface area contributed by atoms with E-state index in [2.05, 4.69) is 5.32 Å². The molecule has 1 amide bonds. The van der Waals surface area contributed by atoms with Crippen molar-refractivity contribution < 1.29 is 23.9 Å². The van der Waals surface area contributed by atoms with Gasteiger partial charge in [0, 0.05) is 26.9 Å². The predicted octanol–water partition coefficient (Wildman–Crippen LogP) is 7.45. The molecule has 4 aromatic carbocycles. The average Bonchev–Trinajstić information content (AvgIpc) is 2.92. The lowest BCUT2D eigenvalue weighted by Crippen LogP contribution is -2.21. The molecule has 0 radical (unpaired) electrons. The van der Waals surface area contributed by atoms with Crippen molar-refractivity contribution in [2.24, 2.45) is 0 Å². The number of esters is 1. The van der Waals surface area contributed by atoms with E-state index in [0.717, 1.165) is 0 Å². The summed E-state index contributed by atoms with van der Waals surface area (Å²) < 4.78 is 11.1. The van der Waals surface area contributed by atoms with E-state index < -0.39 is 18.0 Å². The van der Waals surface area contributed by atoms with E-state index in [-0.39, 0.29) is 23.0 Å². The second kappa shape index (κ2) is 12.6. The second-order valence-corrected chi connectivity index (χ2v) is 9.34. The highest BCUT2D eigenvalue weighted by molar-refractivity contribution is 6.35. The molecule has 0 saturated heterocycles. The molecule has 0 spiro atoms. The van der Waals surface area contributed by atoms with Gasteiger partial charge in [-0.25, -0.2) is 4.79 Å². The lowest BCUT2D eigenvalue weighted by molar-refractivity contribution is -0.118. The molecule has 1 atom stereocenters. The van der Waals surface area contributed by atoms with Crippen LogP contribution in [0.2, 0.25) is 15.1 Å². The van der Waals surface area contributed by atoms with E-state index in [1.165, 1.54) is 18.2 Å². The molecule has 192 valence electrons. The van der Waals surface area contributed by atoms with E-state index in [0.29, 0.717) is 32.6 Å². The van der Waals surface area contributed by atoms with Gasteiger partial charge in [0.2, 0.25) is 5.78 Å². The molecule has 0 bridgehead atoms. The summed E-state index contributed by atoms with van der Waals surface area (Å²) in [6.07, 6.45) is -1.17. The molecule has 0 aliphatic heterocycles. The van der Waals surface area contributed by atoms with Crippen LogP contribution in [-0.4, -0.2) is 24.3 Å². The van der Waals surface area contributed by atoms with Crippen LogP contribution in [0.15, 0.2) is 97.1 Å². The molecule has 9 heteroatoms. The molecule has 0 aliphatic rings. The van der Waals surface area contributed by atoms with Gasteiger partial charge < -0.3 is 14.8 Å². The number of rotatable bonds is 9. The molecule has 0 unspecified atom stereocenters. The number of ketones is 1. The largest absolute Gasteiger partial charge is 0.482 e. The Hall–Kier alpha value is -3.84. The van der Waals surface area contributed by atoms with Gasteiger partial charge in [0.05, 0.1) is 10.6 Å². The fourth-order valence-corrected chi connectivity index (χ4v) is 4.05. The van der Waals surface area contributed by atoms with Crippen LogP contribution in [-0.2, 0) is 9.53 Å². The maximum absolute atomic E-state index is 13.2. The van der Waals surface area contributed by atoms with Crippen molar-refractivity contribution in [3.63, 3.8) is 0 Å². The van der Waals surface area contributed by atoms with Crippen LogP contribution >= 0.6 is 34.8 Å². The highest BCUT2D eigenvalue weighted by Crippen LogP contribution is 2.28. The first kappa shape index (κ1) is 27.2. The molecule has 0 fully saturated rings. The monoisotopic (exact) mass is 567 g/mol. The minimum absolute atomic E-state index is 0.201. The van der Waals surface area contributed by atoms with Crippen LogP contribution in [0.4, 0.5) is 5.69 Å². The van der Waals surface area contributed by atoms with Crippen LogP contribution in [0.5, 0.6) is 5.75 Å². The van der Waals surface area contributed by atoms with Gasteiger partial charge in [-0.15, -0.1) is 0 Å². The van der Waals surface area contributed by atoms with Crippen LogP contribution in [0, 0.1) is 0 Å². The van der Waals surface area contributed by atoms with Crippen molar-refractivity contribution in [1.82, 2.24) is 0 Å². The zero-order valence-corrected chi connectivity index (χ0v) is 22.0. The molecule has 38 heavy (non-hydrogen) atoms. The molecule has 6 nitrogen and oxygen atoms in total. The number of hydrogen-bond acceptors (Lipinski definition) is 5. The van der Waals surface area contributed by atoms with Crippen LogP contribution in [0.3, 0.4) is 0 Å². The molecule has 0 saturated carbocycles. The summed E-state index contributed by atoms with van der Waals surface area (Å²) in [5.74, 6) is -1.18. The molecule has 1 N–H and O–H groups in total. The first-order chi connectivity index (χ1) is 18.3. The van der Waals surface area contributed by atoms with Gasteiger partial charge >= 0.3 is 5.97 Å². The maximum atomic E-state index is 13.2. The lowest BCUT2D eigenvalue weighted by Gasteiger charge is -2.18. The lowest BCUT2D eigenvalue weighted by atomic mass is 9.99. The molecular formula is C29H20Cl3NO5. The summed E-state index contributed by atoms with van der Waals surface area (Å²) in [6.45, 7) is -0.282. The number of halogens is 3. The average molecular weight is 569 g/mol. The summed E-state index contributed by atoms with van der Waals surface area (Å²) in [7, 11) is 0. The van der Waals surface area contributed by atoms with E-state index in [1.807, 2.05) is 0 Å². The highest BCUT2D eigenvalue weighted by Gasteiger charge is 2.27. The van der Waals surface area contributed by atoms with E-state index in [4.69, 9.17) is 44.3 Å². The number of ether oxygens (including phenoxy) is 2. The van der Waals surface area contributed by atoms with Crippen molar-refractivity contribution in [2.45, 2.75) is 6.10 Å². The molecule has 4 aromatic rings. The summed E-state index contributed by atoms with van der Waals surface area (Å²) in [4.78, 5) is 38.4. The SMILES string of the molecule is O=C(COc1ccc(Cl)cc1Cl)Nc1ccc(C(=O)O[C@@H](C(=O)c2ccccc2)c2ccc(Cl)cc2)cc1. The number of hydrogen-bond donors (Lipinski definition) is 1. The van der Waals surface area contributed by atoms with Crippen molar-refractivity contribution in [3.05, 3.63) is 129 Å². The Labute approximate surface area is 234 Å². The van der Waals surface area contributed by atoms with E-state index in [1.54, 1.807) is 78.9 Å². The number of anilines is 1. The third kappa shape index (κ3) is 7.13. The fraction of sp³-hybridized carbons (Fsp3) is 0.0690. The zero-order chi connectivity index (χ0) is 27.1. The first-order valence-corrected chi connectivity index (χ1v) is 12.5. The Bertz CT molecular complexity index is 1440. The van der Waals surface area contributed by atoms with E-state index >= 15 is 0 Å². The Kier molecular flexibility index (Phi) is 9.02. The van der Waals surface area contributed by atoms with Crippen molar-refractivity contribution in [1.29, 1.82) is 0 Å². The summed E-state index contributed by atoms with van der Waals surface area (Å²) >= 11 is 17.9. The van der Waals surface area contributed by atoms with Crippen LogP contribution in [0.25, 0.3) is 0 Å². The Morgan fingerprint density at radius 1 is 0.737 bits per heavy atom. The minimum Gasteiger partial charge on any atom is -0.482 e. The van der Waals surface area contributed by atoms with Gasteiger partial charge in [0.15, 0.2) is 12.7 Å². The standard InChI is InChI=1S/C29H20Cl3NO5/c30-21-10-6-19(7-11-21)28(27(35)18-4-2-1-3-5-18)38-29(36)20-8-13-23(14-9-20)33-26(34)17-37-25-15-12-22(31)16-24(25)32/h1-16,28H,17H2,(H,33,34)/t28-/m1/s1. The zero-order valence-electron chi connectivity index (χ0n) is 19.7. The van der Waals surface area contributed by atoms with Gasteiger partial charge in [-0.1, -0.05) is 77.3 Å². The number of nitrogens with one attached hydrogen (secondary N) is 1. The van der Waals surface area contributed by atoms with E-state index in [9.17, 15) is 14.4 Å². The number of benzene rings is 4. The Balaban J connectivity index is 1.41. The minimum atomic E-state index is -1.17. The summed E-state index contributed by atoms with van der Waals surface area (Å²) in [5, 5.41) is 3.90. The first-order valence-electron chi connectivity index (χ1n) is 11.3. The predicted molar refractivity (Wildman–Crippen MR) is 147 cm³/mol. The normalized spacial score (nSPS) is 11.3. The molecule has 0 aliphatic carbocycles. The van der Waals surface area contributed by atoms with Crippen molar-refractivity contribution in [2.75, 3.05) is 11.9 Å². The van der Waals surface area contributed by atoms with Gasteiger partial charge in [0.25, 0.3) is 5.91 Å².